The first-order valence-electron chi connectivity index (χ1n) is 3.98. The molecule has 0 aromatic rings. The van der Waals surface area contributed by atoms with Gasteiger partial charge in [-0.15, -0.1) is 0 Å². The van der Waals surface area contributed by atoms with Gasteiger partial charge in [0.05, 0.1) is 0 Å². The van der Waals surface area contributed by atoms with Crippen molar-refractivity contribution < 1.29 is 0 Å². The van der Waals surface area contributed by atoms with Gasteiger partial charge in [0.15, 0.2) is 0 Å². The molecule has 0 radical (unpaired) electrons. The van der Waals surface area contributed by atoms with Crippen LogP contribution in [0.1, 0.15) is 33.6 Å². The molecule has 1 fully saturated rings. The van der Waals surface area contributed by atoms with Gasteiger partial charge in [-0.25, -0.2) is 0 Å². The zero-order valence-electron chi connectivity index (χ0n) is 7.20. The minimum Gasteiger partial charge on any atom is -0.0953 e. The standard InChI is InChI=1S/C10H16/c1-7(2)10-6-5-8(3)9(10)4/h8H,4-6H2,1-3H3/t8-/m1/s1. The fraction of sp³-hybridized carbons (Fsp3) is 0.600. The Labute approximate surface area is 63.6 Å². The van der Waals surface area contributed by atoms with Crippen LogP contribution in [0.25, 0.3) is 0 Å². The van der Waals surface area contributed by atoms with E-state index < -0.39 is 0 Å². The predicted octanol–water partition coefficient (Wildman–Crippen LogP) is 3.31. The monoisotopic (exact) mass is 136 g/mol. The molecule has 0 bridgehead atoms. The molecule has 56 valence electrons. The lowest BCUT2D eigenvalue weighted by atomic mass is 10.0. The van der Waals surface area contributed by atoms with Crippen LogP contribution in [-0.4, -0.2) is 0 Å². The molecule has 1 aliphatic carbocycles. The summed E-state index contributed by atoms with van der Waals surface area (Å²) in [7, 11) is 0. The van der Waals surface area contributed by atoms with Gasteiger partial charge in [-0.1, -0.05) is 19.1 Å². The summed E-state index contributed by atoms with van der Waals surface area (Å²) in [5.74, 6) is 0.727. The molecule has 0 aromatic carbocycles. The summed E-state index contributed by atoms with van der Waals surface area (Å²) in [6, 6.07) is 0. The second-order valence-corrected chi connectivity index (χ2v) is 3.44. The van der Waals surface area contributed by atoms with Crippen molar-refractivity contribution in [3.05, 3.63) is 23.3 Å². The first kappa shape index (κ1) is 7.59. The highest BCUT2D eigenvalue weighted by atomic mass is 14.2. The molecule has 1 aliphatic rings. The van der Waals surface area contributed by atoms with E-state index in [9.17, 15) is 0 Å². The van der Waals surface area contributed by atoms with Crippen molar-refractivity contribution in [1.82, 2.24) is 0 Å². The maximum atomic E-state index is 4.08. The average Bonchev–Trinajstić information content (AvgIpc) is 2.14. The lowest BCUT2D eigenvalue weighted by Gasteiger charge is -2.04. The zero-order chi connectivity index (χ0) is 7.72. The molecule has 0 spiro atoms. The van der Waals surface area contributed by atoms with Crippen LogP contribution < -0.4 is 0 Å². The number of allylic oxidation sites excluding steroid dienone is 3. The van der Waals surface area contributed by atoms with E-state index in [0.717, 1.165) is 5.92 Å². The van der Waals surface area contributed by atoms with Crippen LogP contribution >= 0.6 is 0 Å². The van der Waals surface area contributed by atoms with E-state index in [1.54, 1.807) is 0 Å². The molecule has 10 heavy (non-hydrogen) atoms. The van der Waals surface area contributed by atoms with E-state index in [4.69, 9.17) is 0 Å². The first-order chi connectivity index (χ1) is 4.63. The zero-order valence-corrected chi connectivity index (χ0v) is 7.20. The SMILES string of the molecule is C=C1C(=C(C)C)CC[C@H]1C. The van der Waals surface area contributed by atoms with Crippen molar-refractivity contribution in [2.45, 2.75) is 33.6 Å². The van der Waals surface area contributed by atoms with E-state index in [-0.39, 0.29) is 0 Å². The summed E-state index contributed by atoms with van der Waals surface area (Å²) in [6.45, 7) is 10.7. The van der Waals surface area contributed by atoms with Crippen molar-refractivity contribution in [3.8, 4) is 0 Å². The van der Waals surface area contributed by atoms with Crippen molar-refractivity contribution in [2.24, 2.45) is 5.92 Å². The second-order valence-electron chi connectivity index (χ2n) is 3.44. The average molecular weight is 136 g/mol. The van der Waals surface area contributed by atoms with Gasteiger partial charge < -0.3 is 0 Å². The highest BCUT2D eigenvalue weighted by Crippen LogP contribution is 2.35. The van der Waals surface area contributed by atoms with E-state index in [1.807, 2.05) is 0 Å². The van der Waals surface area contributed by atoms with Crippen molar-refractivity contribution >= 4 is 0 Å². The molecule has 1 rings (SSSR count). The summed E-state index contributed by atoms with van der Waals surface area (Å²) in [6.07, 6.45) is 2.56. The lowest BCUT2D eigenvalue weighted by Crippen LogP contribution is -1.88. The Hall–Kier alpha value is -0.520. The van der Waals surface area contributed by atoms with Crippen LogP contribution in [0.5, 0.6) is 0 Å². The minimum absolute atomic E-state index is 0.727. The van der Waals surface area contributed by atoms with Crippen LogP contribution in [0.4, 0.5) is 0 Å². The van der Waals surface area contributed by atoms with E-state index >= 15 is 0 Å². The molecule has 1 atom stereocenters. The number of rotatable bonds is 0. The molecule has 0 heterocycles. The summed E-state index contributed by atoms with van der Waals surface area (Å²) in [5.41, 5.74) is 4.35. The smallest absolute Gasteiger partial charge is 0.0190 e. The van der Waals surface area contributed by atoms with Crippen molar-refractivity contribution in [1.29, 1.82) is 0 Å². The number of hydrogen-bond donors (Lipinski definition) is 0. The maximum Gasteiger partial charge on any atom is -0.0190 e. The van der Waals surface area contributed by atoms with Crippen LogP contribution in [0.2, 0.25) is 0 Å². The Morgan fingerprint density at radius 2 is 2.10 bits per heavy atom. The van der Waals surface area contributed by atoms with Gasteiger partial charge in [0.25, 0.3) is 0 Å². The van der Waals surface area contributed by atoms with E-state index in [1.165, 1.54) is 29.6 Å². The molecule has 0 unspecified atom stereocenters. The molecule has 0 amide bonds. The Kier molecular flexibility index (Phi) is 1.98. The molecular formula is C10H16. The Morgan fingerprint density at radius 3 is 2.30 bits per heavy atom. The van der Waals surface area contributed by atoms with Gasteiger partial charge in [-0.2, -0.15) is 0 Å². The molecule has 0 heteroatoms. The molecular weight excluding hydrogens is 120 g/mol. The van der Waals surface area contributed by atoms with Gasteiger partial charge in [0.1, 0.15) is 0 Å². The molecule has 0 saturated heterocycles. The molecule has 0 aromatic heterocycles. The summed E-state index contributed by atoms with van der Waals surface area (Å²) in [5, 5.41) is 0. The number of hydrogen-bond acceptors (Lipinski definition) is 0. The maximum absolute atomic E-state index is 4.08. The fourth-order valence-corrected chi connectivity index (χ4v) is 1.56. The molecule has 0 N–H and O–H groups in total. The second kappa shape index (κ2) is 2.61. The van der Waals surface area contributed by atoms with E-state index in [2.05, 4.69) is 27.4 Å². The largest absolute Gasteiger partial charge is 0.0953 e. The highest BCUT2D eigenvalue weighted by Gasteiger charge is 2.19. The Bertz CT molecular complexity index is 180. The van der Waals surface area contributed by atoms with Gasteiger partial charge in [0.2, 0.25) is 0 Å². The van der Waals surface area contributed by atoms with Crippen molar-refractivity contribution in [2.75, 3.05) is 0 Å². The third-order valence-corrected chi connectivity index (χ3v) is 2.41. The first-order valence-corrected chi connectivity index (χ1v) is 3.98. The third kappa shape index (κ3) is 1.16. The van der Waals surface area contributed by atoms with Crippen LogP contribution in [0.15, 0.2) is 23.3 Å². The summed E-state index contributed by atoms with van der Waals surface area (Å²) >= 11 is 0. The Morgan fingerprint density at radius 1 is 1.50 bits per heavy atom. The van der Waals surface area contributed by atoms with Crippen LogP contribution in [0.3, 0.4) is 0 Å². The molecule has 1 saturated carbocycles. The topological polar surface area (TPSA) is 0 Å². The van der Waals surface area contributed by atoms with Crippen LogP contribution in [0, 0.1) is 5.92 Å². The highest BCUT2D eigenvalue weighted by molar-refractivity contribution is 5.37. The minimum atomic E-state index is 0.727. The molecule has 0 aliphatic heterocycles. The Balaban J connectivity index is 2.86. The van der Waals surface area contributed by atoms with Gasteiger partial charge in [0, 0.05) is 0 Å². The molecule has 0 nitrogen and oxygen atoms in total. The van der Waals surface area contributed by atoms with Gasteiger partial charge >= 0.3 is 0 Å². The normalized spacial score (nSPS) is 25.7. The summed E-state index contributed by atoms with van der Waals surface area (Å²) < 4.78 is 0. The third-order valence-electron chi connectivity index (χ3n) is 2.41. The quantitative estimate of drug-likeness (QED) is 0.479. The van der Waals surface area contributed by atoms with Crippen LogP contribution in [-0.2, 0) is 0 Å². The predicted molar refractivity (Wildman–Crippen MR) is 45.9 cm³/mol. The van der Waals surface area contributed by atoms with Crippen molar-refractivity contribution in [3.63, 3.8) is 0 Å². The van der Waals surface area contributed by atoms with Gasteiger partial charge in [-0.3, -0.25) is 0 Å². The fourth-order valence-electron chi connectivity index (χ4n) is 1.56. The van der Waals surface area contributed by atoms with Gasteiger partial charge in [-0.05, 0) is 43.8 Å². The lowest BCUT2D eigenvalue weighted by molar-refractivity contribution is 0.699. The van der Waals surface area contributed by atoms with E-state index in [0.29, 0.717) is 0 Å². The summed E-state index contributed by atoms with van der Waals surface area (Å²) in [4.78, 5) is 0.